The number of aromatic hydroxyl groups is 2. The predicted octanol–water partition coefficient (Wildman–Crippen LogP) is 9.47. The van der Waals surface area contributed by atoms with Gasteiger partial charge in [0.25, 0.3) is 19.7 Å². The first-order chi connectivity index (χ1) is 24.0. The van der Waals surface area contributed by atoms with Crippen LogP contribution in [0.2, 0.25) is 0 Å². The number of hydrogen-bond donors (Lipinski definition) is 2. The summed E-state index contributed by atoms with van der Waals surface area (Å²) in [6, 6.07) is 5.47. The highest BCUT2D eigenvalue weighted by Gasteiger charge is 2.86. The Hall–Kier alpha value is -4.36. The van der Waals surface area contributed by atoms with Crippen LogP contribution < -0.4 is 0 Å². The zero-order valence-corrected chi connectivity index (χ0v) is 26.6. The Balaban J connectivity index is 2.20. The number of hydrogen-bond acceptors (Lipinski definition) is 6. The quantitative estimate of drug-likeness (QED) is 0.163. The average molecular weight is 850 g/mol. The number of sulfone groups is 2. The van der Waals surface area contributed by atoms with Crippen LogP contribution in [-0.2, 0) is 19.7 Å². The zero-order chi connectivity index (χ0) is 41.8. The molecule has 4 aromatic carbocycles. The van der Waals surface area contributed by atoms with Gasteiger partial charge in [0, 0.05) is 11.1 Å². The molecule has 0 fully saturated rings. The molecule has 6 nitrogen and oxygen atoms in total. The molecule has 0 bridgehead atoms. The van der Waals surface area contributed by atoms with Crippen LogP contribution in [-0.4, -0.2) is 73.6 Å². The lowest BCUT2D eigenvalue weighted by Crippen LogP contribution is -2.63. The molecular weight excluding hydrogens is 838 g/mol. The van der Waals surface area contributed by atoms with Gasteiger partial charge in [-0.1, -0.05) is 48.5 Å². The van der Waals surface area contributed by atoms with Crippen molar-refractivity contribution in [2.75, 3.05) is 0 Å². The van der Waals surface area contributed by atoms with Crippen molar-refractivity contribution in [2.24, 2.45) is 0 Å². The molecule has 4 rings (SSSR count). The normalized spacial score (nSPS) is 14.9. The molecule has 0 heterocycles. The summed E-state index contributed by atoms with van der Waals surface area (Å²) < 4.78 is 300. The van der Waals surface area contributed by atoms with Crippen LogP contribution in [0.5, 0.6) is 11.5 Å². The van der Waals surface area contributed by atoms with E-state index in [1.165, 1.54) is 0 Å². The average Bonchev–Trinajstić information content (AvgIpc) is 3.03. The third kappa shape index (κ3) is 5.47. The Morgan fingerprint density at radius 1 is 0.407 bits per heavy atom. The fraction of sp³-hybridized carbons (Fsp3) is 0.286. The van der Waals surface area contributed by atoms with Gasteiger partial charge in [-0.2, -0.15) is 79.0 Å². The molecule has 0 amide bonds. The second-order valence-corrected chi connectivity index (χ2v) is 14.9. The van der Waals surface area contributed by atoms with Gasteiger partial charge in [-0.15, -0.1) is 0 Å². The molecule has 0 aliphatic carbocycles. The van der Waals surface area contributed by atoms with Crippen molar-refractivity contribution in [3.63, 3.8) is 0 Å². The Morgan fingerprint density at radius 3 is 0.926 bits per heavy atom. The van der Waals surface area contributed by atoms with Crippen LogP contribution >= 0.6 is 0 Å². The van der Waals surface area contributed by atoms with E-state index in [4.69, 9.17) is 0 Å². The number of fused-ring (bicyclic) bond motifs is 2. The van der Waals surface area contributed by atoms with Gasteiger partial charge < -0.3 is 10.2 Å². The standard InChI is InChI=1S/C28H12F18O6S2/c29-21(30,25(37,38)39)23(33,34)27(43,44)53(49,50)15-9-11-5-1-3-7-13(11)17(19(15)47)18-14-8-4-2-6-12(14)10-16(20(18)48)54(51,52)28(45,46)24(35,36)22(31,32)26(40,41)42/h1-10,47-48H. The van der Waals surface area contributed by atoms with E-state index in [9.17, 15) is 106 Å². The van der Waals surface area contributed by atoms with Crippen LogP contribution in [0, 0.1) is 0 Å². The van der Waals surface area contributed by atoms with Crippen LogP contribution in [0.1, 0.15) is 0 Å². The number of alkyl halides is 18. The molecule has 0 saturated carbocycles. The lowest BCUT2D eigenvalue weighted by Gasteiger charge is -2.33. The lowest BCUT2D eigenvalue weighted by atomic mass is 9.92. The number of benzene rings is 4. The highest BCUT2D eigenvalue weighted by molar-refractivity contribution is 7.93. The minimum atomic E-state index is -7.91. The molecule has 2 N–H and O–H groups in total. The Kier molecular flexibility index (Phi) is 9.47. The van der Waals surface area contributed by atoms with Crippen molar-refractivity contribution in [2.45, 2.75) is 56.3 Å². The molecule has 0 aromatic heterocycles. The number of rotatable bonds is 9. The summed E-state index contributed by atoms with van der Waals surface area (Å²) in [7, 11) is -15.6. The third-order valence-electron chi connectivity index (χ3n) is 7.71. The zero-order valence-electron chi connectivity index (χ0n) is 24.9. The SMILES string of the molecule is O=S(=O)(c1cc2ccccc2c(-c2c(O)c(S(=O)(=O)C(F)(F)C(F)(F)C(F)(F)C(F)(F)F)cc3ccccc23)c1O)C(F)(F)C(F)(F)C(F)(F)C(F)(F)F. The maximum Gasteiger partial charge on any atom is 0.460 e. The summed E-state index contributed by atoms with van der Waals surface area (Å²) in [5, 5.41) is 3.23. The molecule has 298 valence electrons. The van der Waals surface area contributed by atoms with Crippen molar-refractivity contribution in [1.29, 1.82) is 0 Å². The summed E-state index contributed by atoms with van der Waals surface area (Å²) in [5.74, 6) is -36.4. The summed E-state index contributed by atoms with van der Waals surface area (Å²) in [4.78, 5) is -5.39. The van der Waals surface area contributed by atoms with Crippen molar-refractivity contribution >= 4 is 41.2 Å². The van der Waals surface area contributed by atoms with E-state index in [0.29, 0.717) is 24.3 Å². The molecule has 0 unspecified atom stereocenters. The van der Waals surface area contributed by atoms with Gasteiger partial charge in [0.1, 0.15) is 21.3 Å². The molecule has 0 spiro atoms. The fourth-order valence-corrected chi connectivity index (χ4v) is 7.63. The van der Waals surface area contributed by atoms with Crippen molar-refractivity contribution in [3.05, 3.63) is 60.7 Å². The van der Waals surface area contributed by atoms with Crippen molar-refractivity contribution in [3.8, 4) is 22.6 Å². The molecule has 0 atom stereocenters. The largest absolute Gasteiger partial charge is 0.506 e. The first-order valence-electron chi connectivity index (χ1n) is 13.4. The molecular formula is C28H12F18O6S2. The number of phenols is 2. The number of halogens is 18. The molecule has 0 aliphatic rings. The van der Waals surface area contributed by atoms with Gasteiger partial charge in [-0.05, 0) is 33.7 Å². The summed E-state index contributed by atoms with van der Waals surface area (Å²) >= 11 is 0. The molecule has 54 heavy (non-hydrogen) atoms. The van der Waals surface area contributed by atoms with Crippen LogP contribution in [0.25, 0.3) is 32.7 Å². The van der Waals surface area contributed by atoms with Gasteiger partial charge in [0.15, 0.2) is 0 Å². The first-order valence-corrected chi connectivity index (χ1v) is 16.4. The van der Waals surface area contributed by atoms with Gasteiger partial charge in [0.2, 0.25) is 0 Å². The Morgan fingerprint density at radius 2 is 0.667 bits per heavy atom. The van der Waals surface area contributed by atoms with Crippen LogP contribution in [0.3, 0.4) is 0 Å². The van der Waals surface area contributed by atoms with E-state index in [1.54, 1.807) is 0 Å². The lowest BCUT2D eigenvalue weighted by molar-refractivity contribution is -0.382. The maximum absolute atomic E-state index is 14.9. The predicted molar refractivity (Wildman–Crippen MR) is 146 cm³/mol. The topological polar surface area (TPSA) is 109 Å². The molecule has 26 heteroatoms. The van der Waals surface area contributed by atoms with Gasteiger partial charge in [-0.3, -0.25) is 0 Å². The van der Waals surface area contributed by atoms with Crippen LogP contribution in [0.15, 0.2) is 70.5 Å². The minimum absolute atomic E-state index is 0.243. The number of phenolic OH excluding ortho intramolecular Hbond substituents is 2. The van der Waals surface area contributed by atoms with E-state index < -0.39 is 120 Å². The Labute approximate surface area is 287 Å². The molecule has 4 aromatic rings. The summed E-state index contributed by atoms with van der Waals surface area (Å²) in [6.07, 6.45) is -15.1. The molecule has 0 radical (unpaired) electrons. The second kappa shape index (κ2) is 12.1. The first kappa shape index (κ1) is 42.4. The highest BCUT2D eigenvalue weighted by atomic mass is 32.2. The summed E-state index contributed by atoms with van der Waals surface area (Å²) in [5.41, 5.74) is -3.37. The summed E-state index contributed by atoms with van der Waals surface area (Å²) in [6.45, 7) is 0. The minimum Gasteiger partial charge on any atom is -0.506 e. The highest BCUT2D eigenvalue weighted by Crippen LogP contribution is 2.60. The third-order valence-corrected chi connectivity index (χ3v) is 11.4. The fourth-order valence-electron chi connectivity index (χ4n) is 4.87. The van der Waals surface area contributed by atoms with Crippen LogP contribution in [0.4, 0.5) is 79.0 Å². The Bertz CT molecular complexity index is 2220. The second-order valence-electron chi connectivity index (χ2n) is 11.0. The van der Waals surface area contributed by atoms with E-state index in [2.05, 4.69) is 0 Å². The van der Waals surface area contributed by atoms with Gasteiger partial charge in [-0.25, -0.2) is 16.8 Å². The van der Waals surface area contributed by atoms with E-state index in [-0.39, 0.29) is 12.1 Å². The van der Waals surface area contributed by atoms with E-state index >= 15 is 0 Å². The molecule has 0 saturated heterocycles. The smallest absolute Gasteiger partial charge is 0.460 e. The van der Waals surface area contributed by atoms with Crippen molar-refractivity contribution < 1.29 is 106 Å². The maximum atomic E-state index is 14.9. The van der Waals surface area contributed by atoms with Gasteiger partial charge >= 0.3 is 46.6 Å². The van der Waals surface area contributed by atoms with E-state index in [1.807, 2.05) is 0 Å². The monoisotopic (exact) mass is 850 g/mol. The molecule has 0 aliphatic heterocycles. The van der Waals surface area contributed by atoms with Gasteiger partial charge in [0.05, 0.1) is 0 Å². The van der Waals surface area contributed by atoms with Crippen molar-refractivity contribution in [1.82, 2.24) is 0 Å². The van der Waals surface area contributed by atoms with E-state index in [0.717, 1.165) is 24.3 Å².